The number of rotatable bonds is 5. The van der Waals surface area contributed by atoms with Crippen molar-refractivity contribution < 1.29 is 13.9 Å². The van der Waals surface area contributed by atoms with Crippen LogP contribution in [0.5, 0.6) is 5.75 Å². The largest absolute Gasteiger partial charge is 0.497 e. The lowest BCUT2D eigenvalue weighted by Crippen LogP contribution is -2.45. The Bertz CT molecular complexity index is 1110. The Labute approximate surface area is 173 Å². The van der Waals surface area contributed by atoms with E-state index in [9.17, 15) is 9.59 Å². The number of aryl methyl sites for hydroxylation is 1. The molecule has 1 N–H and O–H groups in total. The van der Waals surface area contributed by atoms with E-state index in [-0.39, 0.29) is 18.4 Å². The van der Waals surface area contributed by atoms with E-state index in [1.54, 1.807) is 31.6 Å². The molecule has 8 heteroatoms. The summed E-state index contributed by atoms with van der Waals surface area (Å²) in [7, 11) is 1.56. The fraction of sp³-hybridized carbons (Fsp3) is 0.364. The van der Waals surface area contributed by atoms with Gasteiger partial charge in [0.15, 0.2) is 0 Å². The molecule has 0 saturated carbocycles. The third-order valence-electron chi connectivity index (χ3n) is 5.53. The Morgan fingerprint density at radius 3 is 2.70 bits per heavy atom. The summed E-state index contributed by atoms with van der Waals surface area (Å²) >= 11 is 0. The number of hydrogen-bond acceptors (Lipinski definition) is 7. The molecule has 0 aliphatic carbocycles. The van der Waals surface area contributed by atoms with Gasteiger partial charge < -0.3 is 19.4 Å². The number of hydrogen-bond donors (Lipinski definition) is 1. The molecule has 0 bridgehead atoms. The number of benzene rings is 1. The van der Waals surface area contributed by atoms with Crippen molar-refractivity contribution in [3.05, 3.63) is 58.2 Å². The van der Waals surface area contributed by atoms with Crippen molar-refractivity contribution in [2.75, 3.05) is 25.1 Å². The van der Waals surface area contributed by atoms with E-state index in [4.69, 9.17) is 9.15 Å². The van der Waals surface area contributed by atoms with E-state index in [1.807, 2.05) is 19.1 Å². The molecule has 4 rings (SSSR count). The summed E-state index contributed by atoms with van der Waals surface area (Å²) in [6.07, 6.45) is 5.05. The van der Waals surface area contributed by atoms with Gasteiger partial charge in [-0.3, -0.25) is 4.79 Å². The van der Waals surface area contributed by atoms with Gasteiger partial charge in [0.25, 0.3) is 0 Å². The molecular formula is C22H24N4O4. The van der Waals surface area contributed by atoms with Gasteiger partial charge in [0, 0.05) is 43.0 Å². The molecule has 0 radical (unpaired) electrons. The number of anilines is 1. The number of methoxy groups -OCH3 is 1. The lowest BCUT2D eigenvalue weighted by atomic mass is 10.0. The van der Waals surface area contributed by atoms with Crippen molar-refractivity contribution in [1.29, 1.82) is 0 Å². The first-order valence-corrected chi connectivity index (χ1v) is 9.97. The predicted molar refractivity (Wildman–Crippen MR) is 113 cm³/mol. The number of carbonyl (C=O) groups excluding carboxylic acids is 1. The number of ether oxygens (including phenoxy) is 1. The molecule has 30 heavy (non-hydrogen) atoms. The zero-order valence-corrected chi connectivity index (χ0v) is 17.1. The average molecular weight is 408 g/mol. The zero-order chi connectivity index (χ0) is 21.1. The van der Waals surface area contributed by atoms with E-state index in [2.05, 4.69) is 20.2 Å². The Morgan fingerprint density at radius 2 is 2.00 bits per heavy atom. The Balaban J connectivity index is 1.41. The van der Waals surface area contributed by atoms with E-state index in [1.165, 1.54) is 0 Å². The molecule has 1 fully saturated rings. The molecule has 1 aliphatic rings. The predicted octanol–water partition coefficient (Wildman–Crippen LogP) is 2.23. The molecule has 0 spiro atoms. The van der Waals surface area contributed by atoms with Gasteiger partial charge in [-0.25, -0.2) is 14.8 Å². The zero-order valence-electron chi connectivity index (χ0n) is 17.1. The summed E-state index contributed by atoms with van der Waals surface area (Å²) in [4.78, 5) is 35.8. The fourth-order valence-electron chi connectivity index (χ4n) is 3.82. The van der Waals surface area contributed by atoms with Crippen LogP contribution in [-0.4, -0.2) is 42.1 Å². The van der Waals surface area contributed by atoms with Crippen LogP contribution in [-0.2, 0) is 11.2 Å². The van der Waals surface area contributed by atoms with Crippen LogP contribution < -0.4 is 20.6 Å². The van der Waals surface area contributed by atoms with E-state index >= 15 is 0 Å². The van der Waals surface area contributed by atoms with E-state index in [0.29, 0.717) is 22.8 Å². The first kappa shape index (κ1) is 19.9. The lowest BCUT2D eigenvalue weighted by molar-refractivity contribution is -0.121. The summed E-state index contributed by atoms with van der Waals surface area (Å²) in [5.41, 5.74) is 1.12. The second-order valence-electron chi connectivity index (χ2n) is 7.41. The molecule has 0 atom stereocenters. The van der Waals surface area contributed by atoms with Gasteiger partial charge in [-0.2, -0.15) is 0 Å². The van der Waals surface area contributed by atoms with Crippen LogP contribution in [0.25, 0.3) is 11.0 Å². The molecule has 1 aliphatic heterocycles. The van der Waals surface area contributed by atoms with Gasteiger partial charge >= 0.3 is 5.63 Å². The highest BCUT2D eigenvalue weighted by Gasteiger charge is 2.23. The monoisotopic (exact) mass is 408 g/mol. The van der Waals surface area contributed by atoms with Gasteiger partial charge in [0.1, 0.15) is 11.3 Å². The first-order chi connectivity index (χ1) is 14.5. The van der Waals surface area contributed by atoms with E-state index < -0.39 is 5.63 Å². The number of amides is 1. The minimum atomic E-state index is -0.487. The average Bonchev–Trinajstić information content (AvgIpc) is 2.77. The molecule has 1 amide bonds. The van der Waals surface area contributed by atoms with Crippen LogP contribution in [0.2, 0.25) is 0 Å². The highest BCUT2D eigenvalue weighted by atomic mass is 16.5. The number of nitrogens with zero attached hydrogens (tertiary/aromatic N) is 3. The Hall–Kier alpha value is -3.42. The second kappa shape index (κ2) is 8.52. The van der Waals surface area contributed by atoms with Crippen molar-refractivity contribution >= 4 is 22.8 Å². The SMILES string of the molecule is COc1ccc2c(C)c(CC(=O)NC3CCN(c4ncccn4)CC3)c(=O)oc2c1. The van der Waals surface area contributed by atoms with Crippen LogP contribution >= 0.6 is 0 Å². The van der Waals surface area contributed by atoms with Crippen molar-refractivity contribution in [3.63, 3.8) is 0 Å². The molecule has 3 heterocycles. The summed E-state index contributed by atoms with van der Waals surface area (Å²) in [5, 5.41) is 3.85. The maximum Gasteiger partial charge on any atom is 0.340 e. The molecule has 3 aromatic rings. The molecule has 0 unspecified atom stereocenters. The lowest BCUT2D eigenvalue weighted by Gasteiger charge is -2.32. The maximum absolute atomic E-state index is 12.6. The first-order valence-electron chi connectivity index (χ1n) is 9.97. The Kier molecular flexibility index (Phi) is 5.65. The minimum absolute atomic E-state index is 0.00184. The normalized spacial score (nSPS) is 14.7. The topological polar surface area (TPSA) is 97.6 Å². The number of nitrogens with one attached hydrogen (secondary N) is 1. The van der Waals surface area contributed by atoms with Gasteiger partial charge in [-0.15, -0.1) is 0 Å². The summed E-state index contributed by atoms with van der Waals surface area (Å²) in [6, 6.07) is 7.18. The van der Waals surface area contributed by atoms with Crippen LogP contribution in [0.1, 0.15) is 24.0 Å². The molecular weight excluding hydrogens is 384 g/mol. The van der Waals surface area contributed by atoms with Gasteiger partial charge in [0.05, 0.1) is 19.1 Å². The summed E-state index contributed by atoms with van der Waals surface area (Å²) in [5.74, 6) is 1.15. The van der Waals surface area contributed by atoms with Crippen LogP contribution in [0.15, 0.2) is 45.9 Å². The smallest absolute Gasteiger partial charge is 0.340 e. The summed E-state index contributed by atoms with van der Waals surface area (Å²) < 4.78 is 10.6. The molecule has 8 nitrogen and oxygen atoms in total. The number of aromatic nitrogens is 2. The van der Waals surface area contributed by atoms with Crippen molar-refractivity contribution in [2.24, 2.45) is 0 Å². The minimum Gasteiger partial charge on any atom is -0.497 e. The van der Waals surface area contributed by atoms with Crippen molar-refractivity contribution in [1.82, 2.24) is 15.3 Å². The number of fused-ring (bicyclic) bond motifs is 1. The highest BCUT2D eigenvalue weighted by molar-refractivity contribution is 5.85. The van der Waals surface area contributed by atoms with Crippen LogP contribution in [0.4, 0.5) is 5.95 Å². The standard InChI is InChI=1S/C22H24N4O4/c1-14-17-5-4-16(29-2)12-19(17)30-21(28)18(14)13-20(27)25-15-6-10-26(11-7-15)22-23-8-3-9-24-22/h3-5,8-9,12,15H,6-7,10-11,13H2,1-2H3,(H,25,27). The van der Waals surface area contributed by atoms with Gasteiger partial charge in [0.2, 0.25) is 11.9 Å². The molecule has 1 saturated heterocycles. The van der Waals surface area contributed by atoms with Crippen molar-refractivity contribution in [3.8, 4) is 5.75 Å². The number of piperidine rings is 1. The van der Waals surface area contributed by atoms with E-state index in [0.717, 1.165) is 36.9 Å². The third kappa shape index (κ3) is 4.12. The quantitative estimate of drug-likeness (QED) is 0.647. The molecule has 2 aromatic heterocycles. The Morgan fingerprint density at radius 1 is 1.27 bits per heavy atom. The van der Waals surface area contributed by atoms with Gasteiger partial charge in [-0.1, -0.05) is 0 Å². The van der Waals surface area contributed by atoms with Crippen molar-refractivity contribution in [2.45, 2.75) is 32.2 Å². The highest BCUT2D eigenvalue weighted by Crippen LogP contribution is 2.24. The fourth-order valence-corrected chi connectivity index (χ4v) is 3.82. The van der Waals surface area contributed by atoms with Crippen LogP contribution in [0.3, 0.4) is 0 Å². The third-order valence-corrected chi connectivity index (χ3v) is 5.53. The summed E-state index contributed by atoms with van der Waals surface area (Å²) in [6.45, 7) is 3.38. The van der Waals surface area contributed by atoms with Crippen LogP contribution in [0, 0.1) is 6.92 Å². The van der Waals surface area contributed by atoms with Gasteiger partial charge in [-0.05, 0) is 43.5 Å². The number of carbonyl (C=O) groups is 1. The molecule has 1 aromatic carbocycles. The second-order valence-corrected chi connectivity index (χ2v) is 7.41. The molecule has 156 valence electrons. The maximum atomic E-state index is 12.6.